The Balaban J connectivity index is 2.39. The Labute approximate surface area is 154 Å². The van der Waals surface area contributed by atoms with E-state index in [2.05, 4.69) is 4.98 Å². The maximum absolute atomic E-state index is 13.3. The minimum atomic E-state index is -4.22. The third-order valence-electron chi connectivity index (χ3n) is 3.96. The molecule has 0 radical (unpaired) electrons. The molecule has 0 spiro atoms. The molecule has 2 heterocycles. The van der Waals surface area contributed by atoms with Gasteiger partial charge in [-0.2, -0.15) is 5.26 Å². The number of fused-ring (bicyclic) bond motifs is 1. The normalized spacial score (nSPS) is 11.4. The molecule has 0 aliphatic rings. The summed E-state index contributed by atoms with van der Waals surface area (Å²) < 4.78 is 27.5. The zero-order chi connectivity index (χ0) is 19.1. The van der Waals surface area contributed by atoms with E-state index in [0.29, 0.717) is 10.9 Å². The number of carboxylic acids is 1. The SMILES string of the molecule is Cc1c(CC(=O)O)c2cccnc2n1S(=O)(=O)c1cc(Cl)ccc1C#N. The molecular formula is C17H12ClN3O4S. The molecule has 26 heavy (non-hydrogen) atoms. The first kappa shape index (κ1) is 17.9. The van der Waals surface area contributed by atoms with E-state index in [0.717, 1.165) is 3.97 Å². The van der Waals surface area contributed by atoms with Crippen LogP contribution in [0.2, 0.25) is 5.02 Å². The number of hydrogen-bond donors (Lipinski definition) is 1. The lowest BCUT2D eigenvalue weighted by molar-refractivity contribution is -0.136. The van der Waals surface area contributed by atoms with Gasteiger partial charge in [-0.15, -0.1) is 0 Å². The van der Waals surface area contributed by atoms with Crippen LogP contribution in [0.15, 0.2) is 41.4 Å². The number of nitriles is 1. The Hall–Kier alpha value is -2.89. The number of carboxylic acid groups (broad SMARTS) is 1. The van der Waals surface area contributed by atoms with Crippen LogP contribution in [0.25, 0.3) is 11.0 Å². The Kier molecular flexibility index (Phi) is 4.44. The van der Waals surface area contributed by atoms with Crippen molar-refractivity contribution in [3.63, 3.8) is 0 Å². The van der Waals surface area contributed by atoms with E-state index in [9.17, 15) is 18.5 Å². The summed E-state index contributed by atoms with van der Waals surface area (Å²) in [5.41, 5.74) is 0.617. The summed E-state index contributed by atoms with van der Waals surface area (Å²) in [6, 6.07) is 9.00. The van der Waals surface area contributed by atoms with Crippen LogP contribution in [0.5, 0.6) is 0 Å². The topological polar surface area (TPSA) is 113 Å². The summed E-state index contributed by atoms with van der Waals surface area (Å²) in [5.74, 6) is -1.09. The zero-order valence-electron chi connectivity index (χ0n) is 13.5. The molecule has 7 nitrogen and oxygen atoms in total. The van der Waals surface area contributed by atoms with Gasteiger partial charge in [-0.3, -0.25) is 4.79 Å². The summed E-state index contributed by atoms with van der Waals surface area (Å²) in [6.45, 7) is 1.51. The van der Waals surface area contributed by atoms with Crippen LogP contribution in [0.1, 0.15) is 16.8 Å². The van der Waals surface area contributed by atoms with Crippen LogP contribution in [-0.2, 0) is 21.2 Å². The van der Waals surface area contributed by atoms with Gasteiger partial charge < -0.3 is 5.11 Å². The molecule has 0 atom stereocenters. The Morgan fingerprint density at radius 3 is 2.77 bits per heavy atom. The highest BCUT2D eigenvalue weighted by Crippen LogP contribution is 2.31. The standard InChI is InChI=1S/C17H12ClN3O4S/c1-10-14(8-16(22)23)13-3-2-6-20-17(13)21(10)26(24,25)15-7-12(18)5-4-11(15)9-19/h2-7H,8H2,1H3,(H,22,23). The second kappa shape index (κ2) is 6.44. The second-order valence-corrected chi connectivity index (χ2v) is 7.72. The molecule has 0 saturated heterocycles. The van der Waals surface area contributed by atoms with Gasteiger partial charge in [-0.25, -0.2) is 17.4 Å². The average molecular weight is 390 g/mol. The zero-order valence-corrected chi connectivity index (χ0v) is 15.0. The third-order valence-corrected chi connectivity index (χ3v) is 6.01. The van der Waals surface area contributed by atoms with E-state index >= 15 is 0 Å². The van der Waals surface area contributed by atoms with Crippen molar-refractivity contribution in [3.8, 4) is 6.07 Å². The number of aromatic nitrogens is 2. The first-order valence-electron chi connectivity index (χ1n) is 7.39. The molecule has 132 valence electrons. The predicted octanol–water partition coefficient (Wildman–Crippen LogP) is 2.73. The highest BCUT2D eigenvalue weighted by molar-refractivity contribution is 7.90. The fraction of sp³-hybridized carbons (Fsp3) is 0.118. The molecule has 0 aliphatic heterocycles. The summed E-state index contributed by atoms with van der Waals surface area (Å²) in [6.07, 6.45) is 1.07. The van der Waals surface area contributed by atoms with Crippen molar-refractivity contribution in [1.29, 1.82) is 5.26 Å². The molecule has 0 bridgehead atoms. The van der Waals surface area contributed by atoms with Gasteiger partial charge in [-0.1, -0.05) is 11.6 Å². The number of halogens is 1. The molecule has 3 rings (SSSR count). The Morgan fingerprint density at radius 1 is 1.38 bits per heavy atom. The molecular weight excluding hydrogens is 378 g/mol. The van der Waals surface area contributed by atoms with Gasteiger partial charge >= 0.3 is 5.97 Å². The molecule has 1 N–H and O–H groups in total. The summed E-state index contributed by atoms with van der Waals surface area (Å²) in [5, 5.41) is 19.0. The van der Waals surface area contributed by atoms with Gasteiger partial charge in [0.25, 0.3) is 10.0 Å². The van der Waals surface area contributed by atoms with Crippen LogP contribution in [-0.4, -0.2) is 28.5 Å². The number of aliphatic carboxylic acids is 1. The van der Waals surface area contributed by atoms with Gasteiger partial charge in [0.05, 0.1) is 12.0 Å². The quantitative estimate of drug-likeness (QED) is 0.733. The monoisotopic (exact) mass is 389 g/mol. The van der Waals surface area contributed by atoms with Crippen molar-refractivity contribution >= 4 is 38.6 Å². The van der Waals surface area contributed by atoms with E-state index < -0.39 is 16.0 Å². The van der Waals surface area contributed by atoms with Crippen molar-refractivity contribution in [2.75, 3.05) is 0 Å². The van der Waals surface area contributed by atoms with E-state index in [4.69, 9.17) is 16.7 Å². The molecule has 2 aromatic heterocycles. The first-order chi connectivity index (χ1) is 12.3. The number of carbonyl (C=O) groups is 1. The van der Waals surface area contributed by atoms with E-state index in [1.165, 1.54) is 31.3 Å². The molecule has 0 unspecified atom stereocenters. The fourth-order valence-corrected chi connectivity index (χ4v) is 4.78. The Bertz CT molecular complexity index is 1190. The number of hydrogen-bond acceptors (Lipinski definition) is 5. The minimum absolute atomic E-state index is 0.0636. The molecule has 9 heteroatoms. The van der Waals surface area contributed by atoms with E-state index in [1.807, 2.05) is 6.07 Å². The van der Waals surface area contributed by atoms with Crippen LogP contribution < -0.4 is 0 Å². The van der Waals surface area contributed by atoms with Crippen LogP contribution in [0.4, 0.5) is 0 Å². The third kappa shape index (κ3) is 2.81. The fourth-order valence-electron chi connectivity index (χ4n) is 2.84. The number of rotatable bonds is 4. The van der Waals surface area contributed by atoms with Crippen LogP contribution >= 0.6 is 11.6 Å². The van der Waals surface area contributed by atoms with E-state index in [1.54, 1.807) is 12.1 Å². The van der Waals surface area contributed by atoms with Crippen molar-refractivity contribution in [3.05, 3.63) is 58.4 Å². The second-order valence-electron chi connectivity index (χ2n) is 5.53. The Morgan fingerprint density at radius 2 is 2.12 bits per heavy atom. The maximum atomic E-state index is 13.3. The molecule has 0 fully saturated rings. The first-order valence-corrected chi connectivity index (χ1v) is 9.21. The average Bonchev–Trinajstić information content (AvgIpc) is 2.87. The summed E-state index contributed by atoms with van der Waals surface area (Å²) in [7, 11) is -4.22. The highest BCUT2D eigenvalue weighted by Gasteiger charge is 2.28. The van der Waals surface area contributed by atoms with Crippen molar-refractivity contribution in [2.24, 2.45) is 0 Å². The molecule has 0 aliphatic carbocycles. The van der Waals surface area contributed by atoms with Crippen LogP contribution in [0, 0.1) is 18.3 Å². The van der Waals surface area contributed by atoms with Crippen LogP contribution in [0.3, 0.4) is 0 Å². The number of nitrogens with zero attached hydrogens (tertiary/aromatic N) is 3. The van der Waals surface area contributed by atoms with Gasteiger partial charge in [0.15, 0.2) is 5.65 Å². The smallest absolute Gasteiger partial charge is 0.307 e. The van der Waals surface area contributed by atoms with Gasteiger partial charge in [-0.05, 0) is 42.8 Å². The summed E-state index contributed by atoms with van der Waals surface area (Å²) in [4.78, 5) is 15.0. The lowest BCUT2D eigenvalue weighted by Gasteiger charge is -2.11. The van der Waals surface area contributed by atoms with E-state index in [-0.39, 0.29) is 33.2 Å². The molecule has 1 aromatic carbocycles. The van der Waals surface area contributed by atoms with Gasteiger partial charge in [0.1, 0.15) is 11.0 Å². The molecule has 0 amide bonds. The highest BCUT2D eigenvalue weighted by atomic mass is 35.5. The number of pyridine rings is 1. The maximum Gasteiger partial charge on any atom is 0.307 e. The van der Waals surface area contributed by atoms with Gasteiger partial charge in [0, 0.05) is 22.3 Å². The van der Waals surface area contributed by atoms with Crippen molar-refractivity contribution in [2.45, 2.75) is 18.2 Å². The molecule has 3 aromatic rings. The van der Waals surface area contributed by atoms with Crippen molar-refractivity contribution in [1.82, 2.24) is 8.96 Å². The lowest BCUT2D eigenvalue weighted by Crippen LogP contribution is -2.17. The lowest BCUT2D eigenvalue weighted by atomic mass is 10.1. The summed E-state index contributed by atoms with van der Waals surface area (Å²) >= 11 is 5.92. The molecule has 0 saturated carbocycles. The minimum Gasteiger partial charge on any atom is -0.481 e. The largest absolute Gasteiger partial charge is 0.481 e. The predicted molar refractivity (Wildman–Crippen MR) is 94.6 cm³/mol. The number of benzene rings is 1. The van der Waals surface area contributed by atoms with Gasteiger partial charge in [0.2, 0.25) is 0 Å². The van der Waals surface area contributed by atoms with Crippen molar-refractivity contribution < 1.29 is 18.3 Å².